The molecule has 0 saturated carbocycles. The lowest BCUT2D eigenvalue weighted by Crippen LogP contribution is -1.92. The first kappa shape index (κ1) is 15.7. The van der Waals surface area contributed by atoms with E-state index in [1.54, 1.807) is 18.2 Å². The molecular weight excluding hydrogens is 382 g/mol. The Morgan fingerprint density at radius 3 is 2.83 bits per heavy atom. The van der Waals surface area contributed by atoms with E-state index in [1.807, 2.05) is 19.1 Å². The van der Waals surface area contributed by atoms with E-state index in [9.17, 15) is 9.90 Å². The number of H-pyrrole nitrogens is 1. The molecule has 1 aromatic heterocycles. The summed E-state index contributed by atoms with van der Waals surface area (Å²) in [6.45, 7) is 1.92. The van der Waals surface area contributed by atoms with E-state index in [0.29, 0.717) is 21.5 Å². The van der Waals surface area contributed by atoms with Gasteiger partial charge >= 0.3 is 0 Å². The Hall–Kier alpha value is -2.18. The van der Waals surface area contributed by atoms with Crippen LogP contribution in [0.3, 0.4) is 0 Å². The highest BCUT2D eigenvalue weighted by atomic mass is 79.9. The molecule has 2 N–H and O–H groups in total. The maximum Gasteiger partial charge on any atom is 0.295 e. The molecule has 0 bridgehead atoms. The van der Waals surface area contributed by atoms with Crippen LogP contribution in [0.25, 0.3) is 10.9 Å². The summed E-state index contributed by atoms with van der Waals surface area (Å²) < 4.78 is 0.907. The second-order valence-corrected chi connectivity index (χ2v) is 6.28. The quantitative estimate of drug-likeness (QED) is 0.563. The number of nitrogens with one attached hydrogen (secondary N) is 1. The molecule has 0 aliphatic rings. The van der Waals surface area contributed by atoms with Gasteiger partial charge in [-0.2, -0.15) is 0 Å². The van der Waals surface area contributed by atoms with Gasteiger partial charge in [0, 0.05) is 20.4 Å². The number of halogens is 2. The van der Waals surface area contributed by atoms with Gasteiger partial charge in [-0.3, -0.25) is 4.79 Å². The molecule has 5 nitrogen and oxygen atoms in total. The summed E-state index contributed by atoms with van der Waals surface area (Å²) in [5.74, 6) is -0.671. The number of aromatic hydroxyl groups is 1. The fourth-order valence-electron chi connectivity index (χ4n) is 2.17. The van der Waals surface area contributed by atoms with Gasteiger partial charge in [-0.25, -0.2) is 0 Å². The number of hydrogen-bond acceptors (Lipinski definition) is 3. The average Bonchev–Trinajstić information content (AvgIpc) is 2.80. The second kappa shape index (κ2) is 6.14. The van der Waals surface area contributed by atoms with Crippen LogP contribution in [0.15, 0.2) is 51.1 Å². The Morgan fingerprint density at radius 1 is 1.30 bits per heavy atom. The maximum absolute atomic E-state index is 12.0. The van der Waals surface area contributed by atoms with E-state index in [0.717, 1.165) is 10.0 Å². The highest BCUT2D eigenvalue weighted by Gasteiger charge is 2.13. The summed E-state index contributed by atoms with van der Waals surface area (Å²) in [5.41, 5.74) is 2.24. The number of benzene rings is 2. The number of carbonyl (C=O) groups excluding carboxylic acids is 1. The van der Waals surface area contributed by atoms with Crippen molar-refractivity contribution in [2.45, 2.75) is 6.92 Å². The maximum atomic E-state index is 12.0. The molecule has 0 saturated heterocycles. The first-order valence-electron chi connectivity index (χ1n) is 6.68. The monoisotopic (exact) mass is 391 g/mol. The summed E-state index contributed by atoms with van der Waals surface area (Å²) in [5, 5.41) is 18.7. The van der Waals surface area contributed by atoms with Crippen LogP contribution >= 0.6 is 27.5 Å². The molecule has 0 aliphatic heterocycles. The number of aromatic amines is 1. The van der Waals surface area contributed by atoms with Gasteiger partial charge in [-0.05, 0) is 42.8 Å². The van der Waals surface area contributed by atoms with Gasteiger partial charge in [-0.1, -0.05) is 33.6 Å². The minimum absolute atomic E-state index is 0.139. The number of aromatic nitrogens is 1. The van der Waals surface area contributed by atoms with Crippen molar-refractivity contribution in [3.8, 4) is 5.88 Å². The summed E-state index contributed by atoms with van der Waals surface area (Å²) in [4.78, 5) is 14.8. The van der Waals surface area contributed by atoms with E-state index in [4.69, 9.17) is 11.6 Å². The van der Waals surface area contributed by atoms with Crippen molar-refractivity contribution in [3.63, 3.8) is 0 Å². The fourth-order valence-corrected chi connectivity index (χ4v) is 2.70. The molecule has 0 fully saturated rings. The normalized spacial score (nSPS) is 11.4. The largest absolute Gasteiger partial charge is 0.493 e. The van der Waals surface area contributed by atoms with Gasteiger partial charge in [0.2, 0.25) is 5.88 Å². The van der Waals surface area contributed by atoms with Gasteiger partial charge in [0.15, 0.2) is 5.69 Å². The van der Waals surface area contributed by atoms with Crippen LogP contribution in [-0.2, 0) is 0 Å². The molecule has 116 valence electrons. The van der Waals surface area contributed by atoms with Gasteiger partial charge < -0.3 is 10.1 Å². The number of amides is 1. The zero-order valence-electron chi connectivity index (χ0n) is 12.0. The van der Waals surface area contributed by atoms with E-state index < -0.39 is 5.91 Å². The van der Waals surface area contributed by atoms with E-state index in [2.05, 4.69) is 31.1 Å². The second-order valence-electron chi connectivity index (χ2n) is 4.98. The third-order valence-corrected chi connectivity index (χ3v) is 4.43. The number of nitrogens with zero attached hydrogens (tertiary/aromatic N) is 2. The van der Waals surface area contributed by atoms with Crippen molar-refractivity contribution in [1.29, 1.82) is 0 Å². The number of azo groups is 1. The average molecular weight is 393 g/mol. The van der Waals surface area contributed by atoms with Crippen LogP contribution in [0.2, 0.25) is 5.02 Å². The van der Waals surface area contributed by atoms with Crippen LogP contribution in [-0.4, -0.2) is 16.0 Å². The number of rotatable bonds is 2. The van der Waals surface area contributed by atoms with Crippen LogP contribution in [0, 0.1) is 6.92 Å². The summed E-state index contributed by atoms with van der Waals surface area (Å²) >= 11 is 9.28. The molecule has 2 aromatic carbocycles. The summed E-state index contributed by atoms with van der Waals surface area (Å²) in [6, 6.07) is 10.1. The van der Waals surface area contributed by atoms with Crippen molar-refractivity contribution < 1.29 is 9.90 Å². The number of hydrogen-bond donors (Lipinski definition) is 2. The van der Waals surface area contributed by atoms with Gasteiger partial charge in [0.1, 0.15) is 0 Å². The fraction of sp³-hybridized carbons (Fsp3) is 0.0625. The van der Waals surface area contributed by atoms with Crippen molar-refractivity contribution >= 4 is 50.0 Å². The highest BCUT2D eigenvalue weighted by molar-refractivity contribution is 9.10. The lowest BCUT2D eigenvalue weighted by atomic mass is 10.1. The lowest BCUT2D eigenvalue weighted by Gasteiger charge is -1.98. The molecule has 7 heteroatoms. The topological polar surface area (TPSA) is 77.8 Å². The van der Waals surface area contributed by atoms with E-state index in [1.165, 1.54) is 6.07 Å². The molecule has 3 rings (SSSR count). The van der Waals surface area contributed by atoms with Crippen molar-refractivity contribution in [3.05, 3.63) is 57.0 Å². The Bertz CT molecular complexity index is 950. The van der Waals surface area contributed by atoms with Gasteiger partial charge in [-0.15, -0.1) is 10.2 Å². The predicted octanol–water partition coefficient (Wildman–Crippen LogP) is 5.52. The number of aryl methyl sites for hydroxylation is 1. The third kappa shape index (κ3) is 3.13. The predicted molar refractivity (Wildman–Crippen MR) is 92.7 cm³/mol. The van der Waals surface area contributed by atoms with E-state index in [-0.39, 0.29) is 11.6 Å². The molecule has 3 aromatic rings. The molecule has 0 atom stereocenters. The lowest BCUT2D eigenvalue weighted by molar-refractivity contribution is 0.0995. The molecule has 1 heterocycles. The van der Waals surface area contributed by atoms with Crippen LogP contribution in [0.4, 0.5) is 5.69 Å². The van der Waals surface area contributed by atoms with Crippen molar-refractivity contribution in [2.75, 3.05) is 0 Å². The third-order valence-electron chi connectivity index (χ3n) is 3.34. The molecular formula is C16H11BrClN3O2. The Morgan fingerprint density at radius 2 is 2.09 bits per heavy atom. The minimum atomic E-state index is -0.532. The van der Waals surface area contributed by atoms with Crippen molar-refractivity contribution in [1.82, 2.24) is 4.98 Å². The smallest absolute Gasteiger partial charge is 0.295 e. The first-order valence-corrected chi connectivity index (χ1v) is 7.85. The van der Waals surface area contributed by atoms with Crippen LogP contribution < -0.4 is 0 Å². The number of fused-ring (bicyclic) bond motifs is 1. The Balaban J connectivity index is 1.99. The van der Waals surface area contributed by atoms with Gasteiger partial charge in [0.25, 0.3) is 5.91 Å². The number of carbonyl (C=O) groups is 1. The Labute approximate surface area is 145 Å². The molecule has 0 radical (unpaired) electrons. The highest BCUT2D eigenvalue weighted by Crippen LogP contribution is 2.37. The summed E-state index contributed by atoms with van der Waals surface area (Å²) in [6.07, 6.45) is 0. The van der Waals surface area contributed by atoms with Crippen LogP contribution in [0.5, 0.6) is 5.88 Å². The standard InChI is InChI=1S/C16H11BrClN3O2/c1-8-5-11-13(7-12(8)17)19-16(23)14(11)20-21-15(22)9-3-2-4-10(18)6-9/h2-7,19,23H,1H3. The zero-order valence-corrected chi connectivity index (χ0v) is 14.3. The SMILES string of the molecule is Cc1cc2c(N=NC(=O)c3cccc(Cl)c3)c(O)[nH]c2cc1Br. The molecule has 0 unspecified atom stereocenters. The molecule has 23 heavy (non-hydrogen) atoms. The van der Waals surface area contributed by atoms with Gasteiger partial charge in [0.05, 0.1) is 5.52 Å². The zero-order chi connectivity index (χ0) is 16.6. The molecule has 1 amide bonds. The summed E-state index contributed by atoms with van der Waals surface area (Å²) in [7, 11) is 0. The Kier molecular flexibility index (Phi) is 4.19. The molecule has 0 spiro atoms. The van der Waals surface area contributed by atoms with Crippen LogP contribution in [0.1, 0.15) is 15.9 Å². The minimum Gasteiger partial charge on any atom is -0.493 e. The van der Waals surface area contributed by atoms with E-state index >= 15 is 0 Å². The van der Waals surface area contributed by atoms with Crippen molar-refractivity contribution in [2.24, 2.45) is 10.2 Å². The first-order chi connectivity index (χ1) is 11.0. The molecule has 0 aliphatic carbocycles.